The average Bonchev–Trinajstić information content (AvgIpc) is 3.09. The average molecular weight is 337 g/mol. The van der Waals surface area contributed by atoms with E-state index in [0.717, 1.165) is 11.1 Å². The van der Waals surface area contributed by atoms with Crippen LogP contribution < -0.4 is 5.32 Å². The van der Waals surface area contributed by atoms with E-state index in [1.807, 2.05) is 31.2 Å². The smallest absolute Gasteiger partial charge is 0.282 e. The second-order valence-corrected chi connectivity index (χ2v) is 5.51. The zero-order valence-corrected chi connectivity index (χ0v) is 13.4. The number of benzene rings is 2. The van der Waals surface area contributed by atoms with Crippen LogP contribution in [-0.2, 0) is 6.54 Å². The van der Waals surface area contributed by atoms with Crippen molar-refractivity contribution in [2.45, 2.75) is 13.5 Å². The van der Waals surface area contributed by atoms with E-state index in [1.54, 1.807) is 12.1 Å². The van der Waals surface area contributed by atoms with E-state index in [0.29, 0.717) is 11.5 Å². The normalized spacial score (nSPS) is 10.4. The maximum atomic E-state index is 12.2. The summed E-state index contributed by atoms with van der Waals surface area (Å²) in [6.45, 7) is 2.11. The first-order valence-corrected chi connectivity index (χ1v) is 7.59. The fourth-order valence-electron chi connectivity index (χ4n) is 2.34. The van der Waals surface area contributed by atoms with Crippen LogP contribution in [0.2, 0.25) is 0 Å². The Morgan fingerprint density at radius 3 is 2.64 bits per heavy atom. The number of aromatic nitrogens is 1. The van der Waals surface area contributed by atoms with Gasteiger partial charge in [0.05, 0.1) is 11.5 Å². The number of aryl methyl sites for hydroxylation is 1. The number of hydrogen-bond acceptors (Lipinski definition) is 5. The molecule has 0 spiro atoms. The van der Waals surface area contributed by atoms with Crippen molar-refractivity contribution in [1.29, 1.82) is 0 Å². The molecule has 1 N–H and O–H groups in total. The van der Waals surface area contributed by atoms with Crippen molar-refractivity contribution in [3.05, 3.63) is 81.5 Å². The molecular formula is C18H15N3O4. The van der Waals surface area contributed by atoms with Crippen molar-refractivity contribution in [2.75, 3.05) is 0 Å². The van der Waals surface area contributed by atoms with Crippen molar-refractivity contribution < 1.29 is 14.2 Å². The molecule has 1 heterocycles. The number of nitrogens with zero attached hydrogens (tertiary/aromatic N) is 2. The molecule has 1 amide bonds. The molecule has 0 saturated carbocycles. The van der Waals surface area contributed by atoms with Gasteiger partial charge in [0, 0.05) is 17.7 Å². The predicted octanol–water partition coefficient (Wildman–Crippen LogP) is 3.49. The van der Waals surface area contributed by atoms with Gasteiger partial charge in [0.2, 0.25) is 0 Å². The summed E-state index contributed by atoms with van der Waals surface area (Å²) in [4.78, 5) is 22.6. The van der Waals surface area contributed by atoms with Crippen molar-refractivity contribution in [1.82, 2.24) is 10.5 Å². The first kappa shape index (κ1) is 16.4. The van der Waals surface area contributed by atoms with Crippen molar-refractivity contribution >= 4 is 11.6 Å². The molecular weight excluding hydrogens is 322 g/mol. The SMILES string of the molecule is Cc1ccc(-c2cc(CNC(=O)c3ccccc3[N+](=O)[O-])no2)cc1. The number of hydrogen-bond donors (Lipinski definition) is 1. The molecule has 126 valence electrons. The first-order chi connectivity index (χ1) is 12.0. The van der Waals surface area contributed by atoms with Gasteiger partial charge in [-0.3, -0.25) is 14.9 Å². The molecule has 3 aromatic rings. The monoisotopic (exact) mass is 337 g/mol. The lowest BCUT2D eigenvalue weighted by Crippen LogP contribution is -2.23. The van der Waals surface area contributed by atoms with Crippen LogP contribution in [0.1, 0.15) is 21.6 Å². The highest BCUT2D eigenvalue weighted by molar-refractivity contribution is 5.98. The van der Waals surface area contributed by atoms with Crippen LogP contribution in [-0.4, -0.2) is 16.0 Å². The van der Waals surface area contributed by atoms with Crippen molar-refractivity contribution in [2.24, 2.45) is 0 Å². The molecule has 0 fully saturated rings. The van der Waals surface area contributed by atoms with Crippen molar-refractivity contribution in [3.8, 4) is 11.3 Å². The standard InChI is InChI=1S/C18H15N3O4/c1-12-6-8-13(9-7-12)17-10-14(20-25-17)11-19-18(22)15-4-2-3-5-16(15)21(23)24/h2-10H,11H2,1H3,(H,19,22). The summed E-state index contributed by atoms with van der Waals surface area (Å²) in [5.41, 5.74) is 2.33. The Morgan fingerprint density at radius 1 is 1.20 bits per heavy atom. The van der Waals surface area contributed by atoms with E-state index in [4.69, 9.17) is 4.52 Å². The molecule has 25 heavy (non-hydrogen) atoms. The lowest BCUT2D eigenvalue weighted by molar-refractivity contribution is -0.385. The van der Waals surface area contributed by atoms with E-state index in [-0.39, 0.29) is 17.8 Å². The number of para-hydroxylation sites is 1. The van der Waals surface area contributed by atoms with Crippen LogP contribution in [0.5, 0.6) is 0 Å². The third kappa shape index (κ3) is 3.72. The van der Waals surface area contributed by atoms with Gasteiger partial charge in [-0.05, 0) is 13.0 Å². The Morgan fingerprint density at radius 2 is 1.92 bits per heavy atom. The number of nitro benzene ring substituents is 1. The van der Waals surface area contributed by atoms with Crippen LogP contribution >= 0.6 is 0 Å². The molecule has 1 aromatic heterocycles. The topological polar surface area (TPSA) is 98.3 Å². The number of rotatable bonds is 5. The van der Waals surface area contributed by atoms with E-state index in [9.17, 15) is 14.9 Å². The lowest BCUT2D eigenvalue weighted by Gasteiger charge is -2.03. The van der Waals surface area contributed by atoms with Gasteiger partial charge < -0.3 is 9.84 Å². The fraction of sp³-hybridized carbons (Fsp3) is 0.111. The maximum Gasteiger partial charge on any atom is 0.282 e. The highest BCUT2D eigenvalue weighted by atomic mass is 16.6. The van der Waals surface area contributed by atoms with E-state index < -0.39 is 10.8 Å². The second kappa shape index (κ2) is 6.96. The van der Waals surface area contributed by atoms with Crippen LogP contribution in [0, 0.1) is 17.0 Å². The largest absolute Gasteiger partial charge is 0.356 e. The Hall–Kier alpha value is -3.48. The molecule has 0 saturated heterocycles. The summed E-state index contributed by atoms with van der Waals surface area (Å²) in [7, 11) is 0. The van der Waals surface area contributed by atoms with E-state index in [1.165, 1.54) is 18.2 Å². The van der Waals surface area contributed by atoms with Gasteiger partial charge in [-0.2, -0.15) is 0 Å². The number of carbonyl (C=O) groups excluding carboxylic acids is 1. The Balaban J connectivity index is 1.69. The molecule has 0 aliphatic rings. The molecule has 0 bridgehead atoms. The van der Waals surface area contributed by atoms with Crippen molar-refractivity contribution in [3.63, 3.8) is 0 Å². The molecule has 0 aliphatic heterocycles. The highest BCUT2D eigenvalue weighted by Crippen LogP contribution is 2.21. The summed E-state index contributed by atoms with van der Waals surface area (Å²) in [6, 6.07) is 15.3. The van der Waals surface area contributed by atoms with E-state index in [2.05, 4.69) is 10.5 Å². The minimum atomic E-state index is -0.583. The van der Waals surface area contributed by atoms with Gasteiger partial charge in [0.15, 0.2) is 5.76 Å². The van der Waals surface area contributed by atoms with Gasteiger partial charge >= 0.3 is 0 Å². The number of nitrogens with one attached hydrogen (secondary N) is 1. The van der Waals surface area contributed by atoms with Crippen LogP contribution in [0.25, 0.3) is 11.3 Å². The Labute approximate surface area is 143 Å². The van der Waals surface area contributed by atoms with Gasteiger partial charge in [-0.15, -0.1) is 0 Å². The maximum absolute atomic E-state index is 12.2. The molecule has 2 aromatic carbocycles. The molecule has 0 atom stereocenters. The van der Waals surface area contributed by atoms with Crippen LogP contribution in [0.15, 0.2) is 59.1 Å². The Kier molecular flexibility index (Phi) is 4.56. The highest BCUT2D eigenvalue weighted by Gasteiger charge is 2.19. The van der Waals surface area contributed by atoms with E-state index >= 15 is 0 Å². The first-order valence-electron chi connectivity index (χ1n) is 7.59. The Bertz CT molecular complexity index is 916. The fourth-order valence-corrected chi connectivity index (χ4v) is 2.34. The third-order valence-corrected chi connectivity index (χ3v) is 3.67. The summed E-state index contributed by atoms with van der Waals surface area (Å²) < 4.78 is 5.28. The van der Waals surface area contributed by atoms with Gasteiger partial charge in [0.25, 0.3) is 11.6 Å². The molecule has 0 radical (unpaired) electrons. The zero-order chi connectivity index (χ0) is 17.8. The van der Waals surface area contributed by atoms with Crippen LogP contribution in [0.4, 0.5) is 5.69 Å². The van der Waals surface area contributed by atoms with Gasteiger partial charge in [-0.25, -0.2) is 0 Å². The number of amides is 1. The predicted molar refractivity (Wildman–Crippen MR) is 90.9 cm³/mol. The quantitative estimate of drug-likeness (QED) is 0.567. The summed E-state index contributed by atoms with van der Waals surface area (Å²) in [6.07, 6.45) is 0. The molecule has 0 aliphatic carbocycles. The van der Waals surface area contributed by atoms with Crippen LogP contribution in [0.3, 0.4) is 0 Å². The second-order valence-electron chi connectivity index (χ2n) is 5.51. The number of carbonyl (C=O) groups is 1. The molecule has 0 unspecified atom stereocenters. The summed E-state index contributed by atoms with van der Waals surface area (Å²) in [5, 5.41) is 17.5. The lowest BCUT2D eigenvalue weighted by atomic mass is 10.1. The third-order valence-electron chi connectivity index (χ3n) is 3.67. The zero-order valence-electron chi connectivity index (χ0n) is 13.4. The molecule has 3 rings (SSSR count). The van der Waals surface area contributed by atoms with Gasteiger partial charge in [0.1, 0.15) is 11.3 Å². The summed E-state index contributed by atoms with van der Waals surface area (Å²) >= 11 is 0. The molecule has 7 nitrogen and oxygen atoms in total. The minimum absolute atomic E-state index is 0.00903. The summed E-state index contributed by atoms with van der Waals surface area (Å²) in [5.74, 6) is 0.0575. The molecule has 7 heteroatoms. The number of nitro groups is 1. The van der Waals surface area contributed by atoms with Gasteiger partial charge in [-0.1, -0.05) is 47.1 Å². The minimum Gasteiger partial charge on any atom is -0.356 e.